The van der Waals surface area contributed by atoms with Crippen molar-refractivity contribution in [2.45, 2.75) is 13.0 Å². The standard InChI is InChI=1S/C19H18ClFN2O2/c20-17-4-2-1-3-16(17)19(25)22-10-14-9-18(24)23(12-14)11-13-5-7-15(21)8-6-13/h1-8,14H,9-12H2,(H,22,25). The smallest absolute Gasteiger partial charge is 0.252 e. The van der Waals surface area contributed by atoms with Crippen molar-refractivity contribution >= 4 is 23.4 Å². The van der Waals surface area contributed by atoms with Crippen molar-refractivity contribution in [1.29, 1.82) is 0 Å². The highest BCUT2D eigenvalue weighted by Crippen LogP contribution is 2.20. The summed E-state index contributed by atoms with van der Waals surface area (Å²) in [5, 5.41) is 3.25. The Balaban J connectivity index is 1.53. The molecule has 1 aliphatic rings. The largest absolute Gasteiger partial charge is 0.352 e. The van der Waals surface area contributed by atoms with Crippen LogP contribution in [0.4, 0.5) is 4.39 Å². The maximum atomic E-state index is 13.0. The van der Waals surface area contributed by atoms with E-state index in [2.05, 4.69) is 5.32 Å². The number of halogens is 2. The summed E-state index contributed by atoms with van der Waals surface area (Å²) in [5.41, 5.74) is 1.31. The Hall–Kier alpha value is -2.40. The monoisotopic (exact) mass is 360 g/mol. The molecule has 0 aromatic heterocycles. The molecular formula is C19H18ClFN2O2. The number of hydrogen-bond acceptors (Lipinski definition) is 2. The van der Waals surface area contributed by atoms with E-state index in [1.807, 2.05) is 0 Å². The van der Waals surface area contributed by atoms with E-state index < -0.39 is 0 Å². The lowest BCUT2D eigenvalue weighted by atomic mass is 10.1. The molecule has 4 nitrogen and oxygen atoms in total. The third-order valence-electron chi connectivity index (χ3n) is 4.25. The number of carbonyl (C=O) groups excluding carboxylic acids is 2. The van der Waals surface area contributed by atoms with Crippen LogP contribution < -0.4 is 5.32 Å². The van der Waals surface area contributed by atoms with Gasteiger partial charge in [0.25, 0.3) is 5.91 Å². The lowest BCUT2D eigenvalue weighted by molar-refractivity contribution is -0.128. The van der Waals surface area contributed by atoms with Gasteiger partial charge in [0.15, 0.2) is 0 Å². The zero-order chi connectivity index (χ0) is 17.8. The molecule has 1 atom stereocenters. The minimum Gasteiger partial charge on any atom is -0.352 e. The average Bonchev–Trinajstić information content (AvgIpc) is 2.95. The minimum atomic E-state index is -0.295. The van der Waals surface area contributed by atoms with E-state index >= 15 is 0 Å². The molecule has 2 amide bonds. The van der Waals surface area contributed by atoms with Crippen LogP contribution in [0.3, 0.4) is 0 Å². The summed E-state index contributed by atoms with van der Waals surface area (Å²) in [7, 11) is 0. The highest BCUT2D eigenvalue weighted by Gasteiger charge is 2.29. The van der Waals surface area contributed by atoms with Gasteiger partial charge in [0, 0.05) is 32.0 Å². The van der Waals surface area contributed by atoms with E-state index in [4.69, 9.17) is 11.6 Å². The summed E-state index contributed by atoms with van der Waals surface area (Å²) in [4.78, 5) is 26.1. The molecule has 130 valence electrons. The lowest BCUT2D eigenvalue weighted by Gasteiger charge is -2.17. The molecule has 1 aliphatic heterocycles. The van der Waals surface area contributed by atoms with Crippen molar-refractivity contribution in [3.63, 3.8) is 0 Å². The van der Waals surface area contributed by atoms with Crippen molar-refractivity contribution in [3.05, 3.63) is 70.5 Å². The molecule has 6 heteroatoms. The number of carbonyl (C=O) groups is 2. The third kappa shape index (κ3) is 4.37. The molecule has 3 rings (SSSR count). The molecule has 1 saturated heterocycles. The Morgan fingerprint density at radius 3 is 2.64 bits per heavy atom. The van der Waals surface area contributed by atoms with Gasteiger partial charge < -0.3 is 10.2 Å². The quantitative estimate of drug-likeness (QED) is 0.889. The number of rotatable bonds is 5. The normalized spacial score (nSPS) is 17.0. The van der Waals surface area contributed by atoms with E-state index in [9.17, 15) is 14.0 Å². The van der Waals surface area contributed by atoms with Crippen molar-refractivity contribution < 1.29 is 14.0 Å². The molecule has 1 unspecified atom stereocenters. The minimum absolute atomic E-state index is 0.0429. The summed E-state index contributed by atoms with van der Waals surface area (Å²) in [6.07, 6.45) is 0.393. The predicted octanol–water partition coefficient (Wildman–Crippen LogP) is 3.26. The fraction of sp³-hybridized carbons (Fsp3) is 0.263. The van der Waals surface area contributed by atoms with Gasteiger partial charge in [0.05, 0.1) is 10.6 Å². The average molecular weight is 361 g/mol. The Labute approximate surface area is 150 Å². The first-order valence-electron chi connectivity index (χ1n) is 8.08. The van der Waals surface area contributed by atoms with E-state index in [1.54, 1.807) is 41.3 Å². The number of benzene rings is 2. The summed E-state index contributed by atoms with van der Waals surface area (Å²) >= 11 is 6.01. The molecule has 0 aliphatic carbocycles. The van der Waals surface area contributed by atoms with Crippen LogP contribution in [0.25, 0.3) is 0 Å². The molecule has 1 heterocycles. The second kappa shape index (κ2) is 7.66. The first-order chi connectivity index (χ1) is 12.0. The van der Waals surface area contributed by atoms with Gasteiger partial charge in [0.1, 0.15) is 5.82 Å². The highest BCUT2D eigenvalue weighted by molar-refractivity contribution is 6.33. The fourth-order valence-electron chi connectivity index (χ4n) is 2.93. The molecule has 0 saturated carbocycles. The van der Waals surface area contributed by atoms with Gasteiger partial charge in [-0.25, -0.2) is 4.39 Å². The number of amides is 2. The van der Waals surface area contributed by atoms with Crippen LogP contribution in [0, 0.1) is 11.7 Å². The zero-order valence-corrected chi connectivity index (χ0v) is 14.3. The number of hydrogen-bond donors (Lipinski definition) is 1. The molecule has 0 radical (unpaired) electrons. The van der Waals surface area contributed by atoms with Gasteiger partial charge in [-0.15, -0.1) is 0 Å². The van der Waals surface area contributed by atoms with Crippen LogP contribution >= 0.6 is 11.6 Å². The molecule has 25 heavy (non-hydrogen) atoms. The van der Waals surface area contributed by atoms with Crippen molar-refractivity contribution in [2.24, 2.45) is 5.92 Å². The Morgan fingerprint density at radius 2 is 1.92 bits per heavy atom. The Bertz CT molecular complexity index is 779. The van der Waals surface area contributed by atoms with Crippen LogP contribution in [-0.4, -0.2) is 29.8 Å². The van der Waals surface area contributed by atoms with Gasteiger partial charge in [-0.1, -0.05) is 35.9 Å². The Kier molecular flexibility index (Phi) is 5.34. The highest BCUT2D eigenvalue weighted by atomic mass is 35.5. The van der Waals surface area contributed by atoms with Gasteiger partial charge in [-0.2, -0.15) is 0 Å². The molecule has 0 spiro atoms. The summed E-state index contributed by atoms with van der Waals surface area (Å²) in [6.45, 7) is 1.43. The van der Waals surface area contributed by atoms with Crippen LogP contribution in [0.15, 0.2) is 48.5 Å². The number of likely N-dealkylation sites (tertiary alicyclic amines) is 1. The molecule has 1 N–H and O–H groups in total. The second-order valence-electron chi connectivity index (χ2n) is 6.16. The van der Waals surface area contributed by atoms with Crippen molar-refractivity contribution in [2.75, 3.05) is 13.1 Å². The van der Waals surface area contributed by atoms with Crippen molar-refractivity contribution in [1.82, 2.24) is 10.2 Å². The Morgan fingerprint density at radius 1 is 1.20 bits per heavy atom. The topological polar surface area (TPSA) is 49.4 Å². The first-order valence-corrected chi connectivity index (χ1v) is 8.45. The van der Waals surface area contributed by atoms with Gasteiger partial charge in [-0.3, -0.25) is 9.59 Å². The fourth-order valence-corrected chi connectivity index (χ4v) is 3.15. The first kappa shape index (κ1) is 17.4. The summed E-state index contributed by atoms with van der Waals surface area (Å²) in [6, 6.07) is 13.0. The molecule has 1 fully saturated rings. The number of nitrogens with one attached hydrogen (secondary N) is 1. The maximum Gasteiger partial charge on any atom is 0.252 e. The van der Waals surface area contributed by atoms with Crippen LogP contribution in [0.5, 0.6) is 0 Å². The van der Waals surface area contributed by atoms with Crippen molar-refractivity contribution in [3.8, 4) is 0 Å². The summed E-state index contributed by atoms with van der Waals surface area (Å²) < 4.78 is 13.0. The lowest BCUT2D eigenvalue weighted by Crippen LogP contribution is -2.31. The predicted molar refractivity (Wildman–Crippen MR) is 93.7 cm³/mol. The van der Waals surface area contributed by atoms with Crippen LogP contribution in [-0.2, 0) is 11.3 Å². The molecule has 2 aromatic carbocycles. The summed E-state index contributed by atoms with van der Waals surface area (Å²) in [5.74, 6) is -0.438. The molecule has 2 aromatic rings. The van der Waals surface area contributed by atoms with Gasteiger partial charge >= 0.3 is 0 Å². The SMILES string of the molecule is O=C(NCC1CC(=O)N(Cc2ccc(F)cc2)C1)c1ccccc1Cl. The van der Waals surface area contributed by atoms with Gasteiger partial charge in [0.2, 0.25) is 5.91 Å². The third-order valence-corrected chi connectivity index (χ3v) is 4.58. The van der Waals surface area contributed by atoms with Crippen LogP contribution in [0.2, 0.25) is 5.02 Å². The molecule has 0 bridgehead atoms. The number of nitrogens with zero attached hydrogens (tertiary/aromatic N) is 1. The maximum absolute atomic E-state index is 13.0. The van der Waals surface area contributed by atoms with E-state index in [-0.39, 0.29) is 23.5 Å². The van der Waals surface area contributed by atoms with E-state index in [0.717, 1.165) is 5.56 Å². The molecular weight excluding hydrogens is 343 g/mol. The van der Waals surface area contributed by atoms with E-state index in [1.165, 1.54) is 12.1 Å². The second-order valence-corrected chi connectivity index (χ2v) is 6.57. The van der Waals surface area contributed by atoms with Gasteiger partial charge in [-0.05, 0) is 29.8 Å². The zero-order valence-electron chi connectivity index (χ0n) is 13.5. The van der Waals surface area contributed by atoms with E-state index in [0.29, 0.717) is 36.6 Å². The van der Waals surface area contributed by atoms with Crippen LogP contribution in [0.1, 0.15) is 22.3 Å².